The second kappa shape index (κ2) is 15.5. The molecule has 17 heavy (non-hydrogen) atoms. The molecule has 0 aliphatic carbocycles. The summed E-state index contributed by atoms with van der Waals surface area (Å²) in [6.07, 6.45) is 23.0. The van der Waals surface area contributed by atoms with Gasteiger partial charge in [0, 0.05) is 0 Å². The van der Waals surface area contributed by atoms with Gasteiger partial charge >= 0.3 is 0 Å². The maximum atomic E-state index is 3.74. The minimum Gasteiger partial charge on any atom is -0.103 e. The molecule has 0 heteroatoms. The lowest BCUT2D eigenvalue weighted by molar-refractivity contribution is 0.592. The summed E-state index contributed by atoms with van der Waals surface area (Å²) in [6.45, 7) is 6.01. The van der Waals surface area contributed by atoms with Gasteiger partial charge in [0.25, 0.3) is 0 Å². The zero-order valence-electron chi connectivity index (χ0n) is 11.9. The van der Waals surface area contributed by atoms with Crippen LogP contribution in [0.2, 0.25) is 0 Å². The Kier molecular flexibility index (Phi) is 15.0. The van der Waals surface area contributed by atoms with Crippen molar-refractivity contribution in [2.75, 3.05) is 0 Å². The fourth-order valence-corrected chi connectivity index (χ4v) is 2.01. The quantitative estimate of drug-likeness (QED) is 0.255. The number of hydrogen-bond acceptors (Lipinski definition) is 0. The van der Waals surface area contributed by atoms with E-state index in [9.17, 15) is 0 Å². The summed E-state index contributed by atoms with van der Waals surface area (Å²) in [5.74, 6) is 0. The van der Waals surface area contributed by atoms with Crippen LogP contribution in [0.25, 0.3) is 0 Å². The van der Waals surface area contributed by atoms with E-state index in [1.54, 1.807) is 0 Å². The topological polar surface area (TPSA) is 0 Å². The Bertz CT molecular complexity index is 167. The third kappa shape index (κ3) is 15.5. The first-order valence-electron chi connectivity index (χ1n) is 7.67. The van der Waals surface area contributed by atoms with Crippen molar-refractivity contribution in [3.05, 3.63) is 24.8 Å². The van der Waals surface area contributed by atoms with Crippen LogP contribution in [-0.4, -0.2) is 0 Å². The molecule has 0 atom stereocenters. The molecule has 0 aromatic rings. The Morgan fingerprint density at radius 3 is 1.71 bits per heavy atom. The molecule has 0 N–H and O–H groups in total. The van der Waals surface area contributed by atoms with Crippen molar-refractivity contribution in [3.8, 4) is 0 Å². The van der Waals surface area contributed by atoms with Gasteiger partial charge in [-0.1, -0.05) is 63.7 Å². The van der Waals surface area contributed by atoms with E-state index in [2.05, 4.69) is 25.7 Å². The van der Waals surface area contributed by atoms with Gasteiger partial charge < -0.3 is 0 Å². The Labute approximate surface area is 109 Å². The monoisotopic (exact) mass is 236 g/mol. The molecule has 0 nitrogen and oxygen atoms in total. The number of allylic oxidation sites excluding steroid dienone is 3. The Morgan fingerprint density at radius 1 is 0.647 bits per heavy atom. The molecular weight excluding hydrogens is 204 g/mol. The van der Waals surface area contributed by atoms with Crippen LogP contribution < -0.4 is 0 Å². The van der Waals surface area contributed by atoms with Crippen molar-refractivity contribution in [1.29, 1.82) is 0 Å². The number of hydrogen-bond donors (Lipinski definition) is 0. The molecule has 0 spiro atoms. The number of unbranched alkanes of at least 4 members (excludes halogenated alkanes) is 10. The summed E-state index contributed by atoms with van der Waals surface area (Å²) < 4.78 is 0. The van der Waals surface area contributed by atoms with Crippen LogP contribution in [0.5, 0.6) is 0 Å². The summed E-state index contributed by atoms with van der Waals surface area (Å²) in [5.41, 5.74) is 0. The predicted molar refractivity (Wildman–Crippen MR) is 80.4 cm³/mol. The SMILES string of the molecule is C=CCCCC/C=C/CCCCCCCCC. The highest BCUT2D eigenvalue weighted by atomic mass is 14.0. The van der Waals surface area contributed by atoms with Crippen molar-refractivity contribution in [1.82, 2.24) is 0 Å². The average molecular weight is 236 g/mol. The highest BCUT2D eigenvalue weighted by Crippen LogP contribution is 2.09. The lowest BCUT2D eigenvalue weighted by Gasteiger charge is -1.98. The standard InChI is InChI=1S/C17H32/c1-3-5-7-9-11-13-15-17-16-14-12-10-8-6-4-2/h3,13,15H,1,4-12,14,16-17H2,2H3/b15-13+. The smallest absolute Gasteiger partial charge is 0.0351 e. The summed E-state index contributed by atoms with van der Waals surface area (Å²) in [4.78, 5) is 0. The summed E-state index contributed by atoms with van der Waals surface area (Å²) in [5, 5.41) is 0. The number of rotatable bonds is 13. The van der Waals surface area contributed by atoms with E-state index in [-0.39, 0.29) is 0 Å². The summed E-state index contributed by atoms with van der Waals surface area (Å²) in [6, 6.07) is 0. The van der Waals surface area contributed by atoms with Crippen molar-refractivity contribution in [2.24, 2.45) is 0 Å². The van der Waals surface area contributed by atoms with Crippen molar-refractivity contribution < 1.29 is 0 Å². The van der Waals surface area contributed by atoms with E-state index in [4.69, 9.17) is 0 Å². The van der Waals surface area contributed by atoms with Crippen LogP contribution in [0.3, 0.4) is 0 Å². The predicted octanol–water partition coefficient (Wildman–Crippen LogP) is 6.43. The average Bonchev–Trinajstić information content (AvgIpc) is 2.35. The van der Waals surface area contributed by atoms with Gasteiger partial charge in [-0.2, -0.15) is 0 Å². The van der Waals surface area contributed by atoms with Gasteiger partial charge in [0.2, 0.25) is 0 Å². The molecular formula is C17H32. The van der Waals surface area contributed by atoms with Crippen LogP contribution in [0, 0.1) is 0 Å². The zero-order valence-corrected chi connectivity index (χ0v) is 11.9. The maximum Gasteiger partial charge on any atom is -0.0351 e. The second-order valence-corrected chi connectivity index (χ2v) is 4.95. The Balaban J connectivity index is 3.01. The van der Waals surface area contributed by atoms with Crippen LogP contribution in [0.15, 0.2) is 24.8 Å². The van der Waals surface area contributed by atoms with Crippen molar-refractivity contribution in [2.45, 2.75) is 84.0 Å². The first-order chi connectivity index (χ1) is 8.41. The molecule has 0 aliphatic heterocycles. The first kappa shape index (κ1) is 16.5. The Hall–Kier alpha value is -0.520. The minimum absolute atomic E-state index is 1.17. The molecule has 0 aromatic heterocycles. The van der Waals surface area contributed by atoms with Crippen molar-refractivity contribution in [3.63, 3.8) is 0 Å². The van der Waals surface area contributed by atoms with Gasteiger partial charge in [-0.3, -0.25) is 0 Å². The largest absolute Gasteiger partial charge is 0.103 e. The normalized spacial score (nSPS) is 11.1. The highest BCUT2D eigenvalue weighted by molar-refractivity contribution is 4.81. The highest BCUT2D eigenvalue weighted by Gasteiger charge is 1.89. The molecule has 0 unspecified atom stereocenters. The summed E-state index contributed by atoms with van der Waals surface area (Å²) >= 11 is 0. The lowest BCUT2D eigenvalue weighted by Crippen LogP contribution is -1.79. The van der Waals surface area contributed by atoms with Gasteiger partial charge in [-0.15, -0.1) is 6.58 Å². The molecule has 0 saturated carbocycles. The molecule has 0 aromatic carbocycles. The van der Waals surface area contributed by atoms with Gasteiger partial charge in [0.15, 0.2) is 0 Å². The molecule has 0 fully saturated rings. The first-order valence-corrected chi connectivity index (χ1v) is 7.67. The minimum atomic E-state index is 1.17. The summed E-state index contributed by atoms with van der Waals surface area (Å²) in [7, 11) is 0. The third-order valence-corrected chi connectivity index (χ3v) is 3.17. The maximum absolute atomic E-state index is 3.74. The fourth-order valence-electron chi connectivity index (χ4n) is 2.01. The molecule has 0 saturated heterocycles. The molecule has 100 valence electrons. The molecule has 0 bridgehead atoms. The van der Waals surface area contributed by atoms with Gasteiger partial charge in [-0.05, 0) is 38.5 Å². The molecule has 0 aliphatic rings. The van der Waals surface area contributed by atoms with E-state index < -0.39 is 0 Å². The molecule has 0 heterocycles. The fraction of sp³-hybridized carbons (Fsp3) is 0.765. The van der Waals surface area contributed by atoms with E-state index in [1.807, 2.05) is 6.08 Å². The van der Waals surface area contributed by atoms with Crippen LogP contribution in [0.4, 0.5) is 0 Å². The molecule has 0 rings (SSSR count). The van der Waals surface area contributed by atoms with Gasteiger partial charge in [0.1, 0.15) is 0 Å². The van der Waals surface area contributed by atoms with Crippen LogP contribution in [-0.2, 0) is 0 Å². The van der Waals surface area contributed by atoms with E-state index in [1.165, 1.54) is 77.0 Å². The zero-order chi connectivity index (χ0) is 12.6. The second-order valence-electron chi connectivity index (χ2n) is 4.95. The van der Waals surface area contributed by atoms with Crippen molar-refractivity contribution >= 4 is 0 Å². The molecule has 0 amide bonds. The van der Waals surface area contributed by atoms with E-state index in [0.29, 0.717) is 0 Å². The van der Waals surface area contributed by atoms with Gasteiger partial charge in [0.05, 0.1) is 0 Å². The molecule has 0 radical (unpaired) electrons. The third-order valence-electron chi connectivity index (χ3n) is 3.17. The van der Waals surface area contributed by atoms with Crippen LogP contribution >= 0.6 is 0 Å². The van der Waals surface area contributed by atoms with E-state index >= 15 is 0 Å². The van der Waals surface area contributed by atoms with E-state index in [0.717, 1.165) is 0 Å². The lowest BCUT2D eigenvalue weighted by atomic mass is 10.1. The van der Waals surface area contributed by atoms with Crippen LogP contribution in [0.1, 0.15) is 84.0 Å². The Morgan fingerprint density at radius 2 is 1.12 bits per heavy atom. The van der Waals surface area contributed by atoms with Gasteiger partial charge in [-0.25, -0.2) is 0 Å².